The second-order valence-electron chi connectivity index (χ2n) is 4.96. The lowest BCUT2D eigenvalue weighted by Gasteiger charge is -2.23. The Kier molecular flexibility index (Phi) is 6.86. The van der Waals surface area contributed by atoms with E-state index in [-0.39, 0.29) is 17.0 Å². The van der Waals surface area contributed by atoms with Crippen molar-refractivity contribution in [3.8, 4) is 0 Å². The minimum Gasteiger partial charge on any atom is -1.00 e. The molecule has 0 aliphatic heterocycles. The second-order valence-corrected chi connectivity index (χ2v) is 4.96. The number of nitrogens with zero attached hydrogens (tertiary/aromatic N) is 1. The van der Waals surface area contributed by atoms with Crippen molar-refractivity contribution in [2.24, 2.45) is 0 Å². The van der Waals surface area contributed by atoms with E-state index in [1.54, 1.807) is 0 Å². The van der Waals surface area contributed by atoms with E-state index in [0.717, 1.165) is 4.48 Å². The maximum atomic E-state index is 2.25. The number of halogens is 1. The fourth-order valence-electron chi connectivity index (χ4n) is 1.56. The topological polar surface area (TPSA) is 0 Å². The van der Waals surface area contributed by atoms with E-state index in [1.807, 2.05) is 0 Å². The molecule has 0 unspecified atom stereocenters. The van der Waals surface area contributed by atoms with Gasteiger partial charge in [0, 0.05) is 0 Å². The van der Waals surface area contributed by atoms with Gasteiger partial charge in [-0.1, -0.05) is 30.3 Å². The van der Waals surface area contributed by atoms with E-state index >= 15 is 0 Å². The van der Waals surface area contributed by atoms with E-state index in [2.05, 4.69) is 51.5 Å². The van der Waals surface area contributed by atoms with Crippen LogP contribution in [0.1, 0.15) is 18.4 Å². The Hall–Kier alpha value is -0.340. The Bertz CT molecular complexity index is 251. The smallest absolute Gasteiger partial charge is 0.0780 e. The van der Waals surface area contributed by atoms with E-state index in [4.69, 9.17) is 0 Å². The highest BCUT2D eigenvalue weighted by Crippen LogP contribution is 2.05. The van der Waals surface area contributed by atoms with Crippen LogP contribution in [0.3, 0.4) is 0 Å². The molecule has 0 aromatic heterocycles. The lowest BCUT2D eigenvalue weighted by Crippen LogP contribution is -3.00. The van der Waals surface area contributed by atoms with E-state index in [9.17, 15) is 0 Å². The zero-order valence-electron chi connectivity index (χ0n) is 10.0. The summed E-state index contributed by atoms with van der Waals surface area (Å²) in [5, 5.41) is 0. The van der Waals surface area contributed by atoms with Gasteiger partial charge in [0.1, 0.15) is 0 Å². The van der Waals surface area contributed by atoms with E-state index < -0.39 is 0 Å². The predicted molar refractivity (Wildman–Crippen MR) is 62.3 cm³/mol. The predicted octanol–water partition coefficient (Wildman–Crippen LogP) is -0.280. The fraction of sp³-hybridized carbons (Fsp3) is 0.538. The van der Waals surface area contributed by atoms with Gasteiger partial charge in [-0.05, 0) is 24.8 Å². The summed E-state index contributed by atoms with van der Waals surface area (Å²) in [7, 11) is 6.76. The van der Waals surface area contributed by atoms with Crippen molar-refractivity contribution in [2.45, 2.75) is 19.3 Å². The minimum absolute atomic E-state index is 0. The molecule has 0 fully saturated rings. The molecule has 0 heterocycles. The molecule has 2 heteroatoms. The van der Waals surface area contributed by atoms with Gasteiger partial charge in [0.15, 0.2) is 0 Å². The van der Waals surface area contributed by atoms with E-state index in [0.29, 0.717) is 0 Å². The quantitative estimate of drug-likeness (QED) is 0.511. The van der Waals surface area contributed by atoms with Gasteiger partial charge in [0.2, 0.25) is 0 Å². The molecule has 1 nitrogen and oxygen atoms in total. The number of quaternary nitrogens is 1. The molecule has 15 heavy (non-hydrogen) atoms. The van der Waals surface area contributed by atoms with Gasteiger partial charge >= 0.3 is 0 Å². The first kappa shape index (κ1) is 14.7. The van der Waals surface area contributed by atoms with Gasteiger partial charge in [-0.2, -0.15) is 0 Å². The first-order chi connectivity index (χ1) is 6.58. The van der Waals surface area contributed by atoms with Crippen LogP contribution in [0.5, 0.6) is 0 Å². The number of rotatable bonds is 5. The Morgan fingerprint density at radius 3 is 2.07 bits per heavy atom. The summed E-state index contributed by atoms with van der Waals surface area (Å²) in [4.78, 5) is 0. The number of unbranched alkanes of at least 4 members (excludes halogenated alkanes) is 1. The average molecular weight is 272 g/mol. The molecule has 0 radical (unpaired) electrons. The third kappa shape index (κ3) is 7.57. The van der Waals surface area contributed by atoms with Crippen LogP contribution in [-0.4, -0.2) is 32.2 Å². The average Bonchev–Trinajstić information content (AvgIpc) is 2.13. The van der Waals surface area contributed by atoms with Crippen LogP contribution in [0, 0.1) is 0 Å². The largest absolute Gasteiger partial charge is 1.00 e. The van der Waals surface area contributed by atoms with Crippen molar-refractivity contribution in [3.63, 3.8) is 0 Å². The highest BCUT2D eigenvalue weighted by atomic mass is 79.9. The standard InChI is InChI=1S/C13H22N.BrH/c1-14(2,3)12-8-7-11-13-9-5-4-6-10-13;/h4-6,9-10H,7-8,11-12H2,1-3H3;1H/q+1;/p-1. The summed E-state index contributed by atoms with van der Waals surface area (Å²) in [5.74, 6) is 0. The molecular formula is C13H22BrN. The first-order valence-corrected chi connectivity index (χ1v) is 5.42. The number of benzene rings is 1. The normalized spacial score (nSPS) is 10.9. The molecule has 0 bridgehead atoms. The Morgan fingerprint density at radius 1 is 0.933 bits per heavy atom. The van der Waals surface area contributed by atoms with Crippen LogP contribution in [0.2, 0.25) is 0 Å². The lowest BCUT2D eigenvalue weighted by atomic mass is 10.1. The van der Waals surface area contributed by atoms with Crippen molar-refractivity contribution in [2.75, 3.05) is 27.7 Å². The fourth-order valence-corrected chi connectivity index (χ4v) is 1.56. The Labute approximate surface area is 104 Å². The number of hydrogen-bond donors (Lipinski definition) is 0. The molecule has 0 atom stereocenters. The third-order valence-electron chi connectivity index (χ3n) is 2.39. The molecule has 0 saturated heterocycles. The van der Waals surface area contributed by atoms with Crippen LogP contribution in [0.25, 0.3) is 0 Å². The molecule has 0 spiro atoms. The number of aryl methyl sites for hydroxylation is 1. The first-order valence-electron chi connectivity index (χ1n) is 5.42. The van der Waals surface area contributed by atoms with Crippen LogP contribution in [0.15, 0.2) is 30.3 Å². The second kappa shape index (κ2) is 7.02. The van der Waals surface area contributed by atoms with Crippen LogP contribution >= 0.6 is 0 Å². The molecular weight excluding hydrogens is 250 g/mol. The minimum atomic E-state index is 0. The summed E-state index contributed by atoms with van der Waals surface area (Å²) in [6, 6.07) is 10.7. The van der Waals surface area contributed by atoms with Crippen molar-refractivity contribution in [1.29, 1.82) is 0 Å². The van der Waals surface area contributed by atoms with Crippen LogP contribution < -0.4 is 17.0 Å². The summed E-state index contributed by atoms with van der Waals surface area (Å²) >= 11 is 0. The molecule has 0 aliphatic carbocycles. The SMILES string of the molecule is C[N+](C)(C)CCCCc1ccccc1.[Br-]. The van der Waals surface area contributed by atoms with Crippen LogP contribution in [-0.2, 0) is 6.42 Å². The van der Waals surface area contributed by atoms with Crippen molar-refractivity contribution < 1.29 is 21.5 Å². The molecule has 1 rings (SSSR count). The summed E-state index contributed by atoms with van der Waals surface area (Å²) in [6.45, 7) is 1.27. The van der Waals surface area contributed by atoms with Gasteiger partial charge in [-0.15, -0.1) is 0 Å². The third-order valence-corrected chi connectivity index (χ3v) is 2.39. The summed E-state index contributed by atoms with van der Waals surface area (Å²) < 4.78 is 1.08. The highest BCUT2D eigenvalue weighted by molar-refractivity contribution is 5.14. The molecule has 1 aromatic rings. The molecule has 0 amide bonds. The van der Waals surface area contributed by atoms with Crippen molar-refractivity contribution in [1.82, 2.24) is 0 Å². The summed E-state index contributed by atoms with van der Waals surface area (Å²) in [5.41, 5.74) is 1.47. The summed E-state index contributed by atoms with van der Waals surface area (Å²) in [6.07, 6.45) is 3.85. The van der Waals surface area contributed by atoms with Gasteiger partial charge in [0.05, 0.1) is 27.7 Å². The van der Waals surface area contributed by atoms with Gasteiger partial charge in [-0.3, -0.25) is 0 Å². The maximum absolute atomic E-state index is 2.25. The molecule has 86 valence electrons. The zero-order valence-corrected chi connectivity index (χ0v) is 11.6. The Morgan fingerprint density at radius 2 is 1.53 bits per heavy atom. The highest BCUT2D eigenvalue weighted by Gasteiger charge is 2.05. The van der Waals surface area contributed by atoms with Gasteiger partial charge < -0.3 is 21.5 Å². The Balaban J connectivity index is 0.00000196. The van der Waals surface area contributed by atoms with Crippen molar-refractivity contribution in [3.05, 3.63) is 35.9 Å². The molecule has 0 N–H and O–H groups in total. The molecule has 1 aromatic carbocycles. The lowest BCUT2D eigenvalue weighted by molar-refractivity contribution is -0.870. The zero-order chi connectivity index (χ0) is 10.4. The monoisotopic (exact) mass is 271 g/mol. The van der Waals surface area contributed by atoms with E-state index in [1.165, 1.54) is 31.4 Å². The molecule has 0 aliphatic rings. The maximum Gasteiger partial charge on any atom is 0.0780 e. The van der Waals surface area contributed by atoms with Gasteiger partial charge in [-0.25, -0.2) is 0 Å². The van der Waals surface area contributed by atoms with Crippen molar-refractivity contribution >= 4 is 0 Å². The van der Waals surface area contributed by atoms with Crippen LogP contribution in [0.4, 0.5) is 0 Å². The number of hydrogen-bond acceptors (Lipinski definition) is 0. The van der Waals surface area contributed by atoms with Gasteiger partial charge in [0.25, 0.3) is 0 Å². The molecule has 0 saturated carbocycles.